The lowest BCUT2D eigenvalue weighted by Gasteiger charge is -2.39. The van der Waals surface area contributed by atoms with Crippen LogP contribution < -0.4 is 4.90 Å². The molecule has 1 aromatic carbocycles. The normalized spacial score (nSPS) is 23.9. The third-order valence-corrected chi connectivity index (χ3v) is 4.29. The van der Waals surface area contributed by atoms with E-state index in [1.165, 1.54) is 6.07 Å². The van der Waals surface area contributed by atoms with Crippen LogP contribution in [0.1, 0.15) is 31.4 Å². The standard InChI is InChI=1S/C15H19FN2O2/c1-10(19)11-2-4-14(13(16)8-11)17-6-7-18-12(9-17)3-5-15(18)20/h2,4,8,10,12,19H,3,5-7,9H2,1H3/t10-,12?/m0/s1. The third-order valence-electron chi connectivity index (χ3n) is 4.29. The Hall–Kier alpha value is -1.62. The molecular weight excluding hydrogens is 259 g/mol. The van der Waals surface area contributed by atoms with Gasteiger partial charge in [-0.3, -0.25) is 4.79 Å². The average molecular weight is 278 g/mol. The third kappa shape index (κ3) is 2.26. The smallest absolute Gasteiger partial charge is 0.223 e. The molecule has 1 unspecified atom stereocenters. The summed E-state index contributed by atoms with van der Waals surface area (Å²) >= 11 is 0. The van der Waals surface area contributed by atoms with Crippen molar-refractivity contribution >= 4 is 11.6 Å². The van der Waals surface area contributed by atoms with E-state index in [1.807, 2.05) is 9.80 Å². The van der Waals surface area contributed by atoms with Crippen molar-refractivity contribution in [3.8, 4) is 0 Å². The molecule has 1 aromatic rings. The molecule has 5 heteroatoms. The topological polar surface area (TPSA) is 43.8 Å². The van der Waals surface area contributed by atoms with Crippen LogP contribution in [0.2, 0.25) is 0 Å². The molecular formula is C15H19FN2O2. The average Bonchev–Trinajstić information content (AvgIpc) is 2.79. The van der Waals surface area contributed by atoms with Crippen molar-refractivity contribution in [1.29, 1.82) is 0 Å². The van der Waals surface area contributed by atoms with Crippen molar-refractivity contribution < 1.29 is 14.3 Å². The fourth-order valence-corrected chi connectivity index (χ4v) is 3.12. The molecule has 2 aliphatic heterocycles. The minimum atomic E-state index is -0.664. The number of aliphatic hydroxyl groups is 1. The molecule has 0 radical (unpaired) electrons. The number of piperazine rings is 1. The molecule has 1 N–H and O–H groups in total. The number of benzene rings is 1. The zero-order valence-corrected chi connectivity index (χ0v) is 11.6. The highest BCUT2D eigenvalue weighted by molar-refractivity contribution is 5.79. The van der Waals surface area contributed by atoms with Gasteiger partial charge in [0.25, 0.3) is 0 Å². The first-order chi connectivity index (χ1) is 9.56. The van der Waals surface area contributed by atoms with E-state index in [0.717, 1.165) is 6.42 Å². The maximum atomic E-state index is 14.2. The largest absolute Gasteiger partial charge is 0.389 e. The maximum Gasteiger partial charge on any atom is 0.223 e. The van der Waals surface area contributed by atoms with Crippen LogP contribution in [0.4, 0.5) is 10.1 Å². The summed E-state index contributed by atoms with van der Waals surface area (Å²) in [5.74, 6) is -0.0826. The highest BCUT2D eigenvalue weighted by atomic mass is 19.1. The number of amides is 1. The highest BCUT2D eigenvalue weighted by Crippen LogP contribution is 2.29. The number of hydrogen-bond donors (Lipinski definition) is 1. The number of carbonyl (C=O) groups is 1. The van der Waals surface area contributed by atoms with E-state index in [-0.39, 0.29) is 17.8 Å². The molecule has 108 valence electrons. The van der Waals surface area contributed by atoms with Crippen LogP contribution in [-0.2, 0) is 4.79 Å². The summed E-state index contributed by atoms with van der Waals surface area (Å²) in [6.07, 6.45) is 0.813. The van der Waals surface area contributed by atoms with E-state index in [1.54, 1.807) is 19.1 Å². The van der Waals surface area contributed by atoms with E-state index in [4.69, 9.17) is 0 Å². The molecule has 4 nitrogen and oxygen atoms in total. The Bertz CT molecular complexity index is 533. The van der Waals surface area contributed by atoms with Gasteiger partial charge in [0.2, 0.25) is 5.91 Å². The Kier molecular flexibility index (Phi) is 3.38. The second-order valence-corrected chi connectivity index (χ2v) is 5.61. The van der Waals surface area contributed by atoms with Crippen molar-refractivity contribution in [3.63, 3.8) is 0 Å². The molecule has 0 saturated carbocycles. The zero-order chi connectivity index (χ0) is 14.3. The van der Waals surface area contributed by atoms with Gasteiger partial charge in [-0.1, -0.05) is 6.07 Å². The van der Waals surface area contributed by atoms with Gasteiger partial charge < -0.3 is 14.9 Å². The Morgan fingerprint density at radius 1 is 1.40 bits per heavy atom. The Morgan fingerprint density at radius 2 is 2.20 bits per heavy atom. The van der Waals surface area contributed by atoms with Gasteiger partial charge in [-0.25, -0.2) is 4.39 Å². The van der Waals surface area contributed by atoms with Gasteiger partial charge in [0.15, 0.2) is 0 Å². The number of carbonyl (C=O) groups excluding carboxylic acids is 1. The second-order valence-electron chi connectivity index (χ2n) is 5.61. The van der Waals surface area contributed by atoms with Crippen LogP contribution >= 0.6 is 0 Å². The number of halogens is 1. The van der Waals surface area contributed by atoms with Crippen LogP contribution in [0.5, 0.6) is 0 Å². The van der Waals surface area contributed by atoms with Crippen LogP contribution in [0.25, 0.3) is 0 Å². The van der Waals surface area contributed by atoms with Gasteiger partial charge in [0.1, 0.15) is 5.82 Å². The Labute approximate surface area is 117 Å². The number of fused-ring (bicyclic) bond motifs is 1. The fourth-order valence-electron chi connectivity index (χ4n) is 3.12. The number of rotatable bonds is 2. The van der Waals surface area contributed by atoms with Crippen LogP contribution in [0.15, 0.2) is 18.2 Å². The molecule has 2 atom stereocenters. The number of nitrogens with zero attached hydrogens (tertiary/aromatic N) is 2. The van der Waals surface area contributed by atoms with Gasteiger partial charge in [-0.15, -0.1) is 0 Å². The summed E-state index contributed by atoms with van der Waals surface area (Å²) in [6.45, 7) is 3.64. The molecule has 0 spiro atoms. The number of aliphatic hydroxyl groups excluding tert-OH is 1. The maximum absolute atomic E-state index is 14.2. The first-order valence-electron chi connectivity index (χ1n) is 7.08. The Balaban J connectivity index is 1.79. The Morgan fingerprint density at radius 3 is 2.90 bits per heavy atom. The summed E-state index contributed by atoms with van der Waals surface area (Å²) in [5, 5.41) is 9.48. The summed E-state index contributed by atoms with van der Waals surface area (Å²) in [7, 11) is 0. The van der Waals surface area contributed by atoms with Crippen LogP contribution in [0, 0.1) is 5.82 Å². The lowest BCUT2D eigenvalue weighted by Crippen LogP contribution is -2.51. The summed E-state index contributed by atoms with van der Waals surface area (Å²) in [6, 6.07) is 5.10. The van der Waals surface area contributed by atoms with Crippen molar-refractivity contribution in [2.24, 2.45) is 0 Å². The fraction of sp³-hybridized carbons (Fsp3) is 0.533. The molecule has 0 aromatic heterocycles. The van der Waals surface area contributed by atoms with Gasteiger partial charge in [-0.2, -0.15) is 0 Å². The van der Waals surface area contributed by atoms with E-state index in [2.05, 4.69) is 0 Å². The summed E-state index contributed by atoms with van der Waals surface area (Å²) in [5.41, 5.74) is 1.15. The molecule has 20 heavy (non-hydrogen) atoms. The molecule has 2 fully saturated rings. The summed E-state index contributed by atoms with van der Waals surface area (Å²) in [4.78, 5) is 15.6. The molecule has 0 aliphatic carbocycles. The molecule has 0 bridgehead atoms. The number of hydrogen-bond acceptors (Lipinski definition) is 3. The summed E-state index contributed by atoms with van der Waals surface area (Å²) < 4.78 is 14.2. The predicted molar refractivity (Wildman–Crippen MR) is 74.0 cm³/mol. The molecule has 3 rings (SSSR count). The highest BCUT2D eigenvalue weighted by Gasteiger charge is 2.36. The van der Waals surface area contributed by atoms with Crippen molar-refractivity contribution in [2.45, 2.75) is 31.9 Å². The van der Waals surface area contributed by atoms with Crippen molar-refractivity contribution in [3.05, 3.63) is 29.6 Å². The lowest BCUT2D eigenvalue weighted by molar-refractivity contribution is -0.129. The van der Waals surface area contributed by atoms with E-state index >= 15 is 0 Å². The zero-order valence-electron chi connectivity index (χ0n) is 11.6. The van der Waals surface area contributed by atoms with Crippen LogP contribution in [0.3, 0.4) is 0 Å². The lowest BCUT2D eigenvalue weighted by atomic mass is 10.1. The quantitative estimate of drug-likeness (QED) is 0.895. The number of anilines is 1. The van der Waals surface area contributed by atoms with Gasteiger partial charge in [0.05, 0.1) is 11.8 Å². The predicted octanol–water partition coefficient (Wildman–Crippen LogP) is 1.69. The SMILES string of the molecule is C[C@H](O)c1ccc(N2CCN3C(=O)CCC3C2)c(F)c1. The first-order valence-corrected chi connectivity index (χ1v) is 7.08. The van der Waals surface area contributed by atoms with E-state index in [0.29, 0.717) is 37.3 Å². The molecule has 2 aliphatic rings. The van der Waals surface area contributed by atoms with Gasteiger partial charge in [-0.05, 0) is 31.0 Å². The van der Waals surface area contributed by atoms with Gasteiger partial charge in [0, 0.05) is 32.1 Å². The van der Waals surface area contributed by atoms with Crippen molar-refractivity contribution in [2.75, 3.05) is 24.5 Å². The minimum absolute atomic E-state index is 0.215. The van der Waals surface area contributed by atoms with Crippen molar-refractivity contribution in [1.82, 2.24) is 4.90 Å². The molecule has 2 heterocycles. The van der Waals surface area contributed by atoms with E-state index in [9.17, 15) is 14.3 Å². The van der Waals surface area contributed by atoms with Crippen LogP contribution in [-0.4, -0.2) is 41.6 Å². The van der Waals surface area contributed by atoms with Gasteiger partial charge >= 0.3 is 0 Å². The van der Waals surface area contributed by atoms with E-state index < -0.39 is 6.10 Å². The monoisotopic (exact) mass is 278 g/mol. The molecule has 1 amide bonds. The first kappa shape index (κ1) is 13.4. The second kappa shape index (κ2) is 5.05. The minimum Gasteiger partial charge on any atom is -0.389 e. The molecule has 2 saturated heterocycles.